The number of carbonyl (C=O) groups excluding carboxylic acids is 2. The number of hydrogen-bond donors (Lipinski definition) is 3. The van der Waals surface area contributed by atoms with Crippen molar-refractivity contribution in [2.24, 2.45) is 0 Å². The molecule has 3 N–H and O–H groups in total. The van der Waals surface area contributed by atoms with Gasteiger partial charge in [0, 0.05) is 42.9 Å². The zero-order valence-electron chi connectivity index (χ0n) is 26.7. The predicted molar refractivity (Wildman–Crippen MR) is 172 cm³/mol. The van der Waals surface area contributed by atoms with Crippen molar-refractivity contribution < 1.29 is 28.2 Å². The van der Waals surface area contributed by atoms with Gasteiger partial charge in [0.1, 0.15) is 17.4 Å². The number of carbonyl (C=O) groups is 2. The van der Waals surface area contributed by atoms with E-state index in [1.807, 2.05) is 39.0 Å². The molecule has 0 aliphatic heterocycles. The van der Waals surface area contributed by atoms with Crippen LogP contribution in [0.1, 0.15) is 88.5 Å². The lowest BCUT2D eigenvalue weighted by atomic mass is 9.87. The maximum absolute atomic E-state index is 14.1. The van der Waals surface area contributed by atoms with Crippen LogP contribution in [-0.4, -0.2) is 60.7 Å². The highest BCUT2D eigenvalue weighted by molar-refractivity contribution is 6.00. The van der Waals surface area contributed by atoms with Crippen LogP contribution >= 0.6 is 0 Å². The summed E-state index contributed by atoms with van der Waals surface area (Å²) in [6.07, 6.45) is 3.34. The van der Waals surface area contributed by atoms with Crippen molar-refractivity contribution >= 4 is 11.8 Å². The summed E-state index contributed by atoms with van der Waals surface area (Å²) in [6.45, 7) is 7.22. The Hall–Kier alpha value is -3.82. The Bertz CT molecular complexity index is 1450. The molecule has 3 aromatic rings. The number of aryl methyl sites for hydroxylation is 2. The molecule has 3 aromatic carbocycles. The second kappa shape index (κ2) is 16.0. The van der Waals surface area contributed by atoms with Gasteiger partial charge in [-0.25, -0.2) is 8.78 Å². The topological polar surface area (TPSA) is 90.9 Å². The Morgan fingerprint density at radius 1 is 1.00 bits per heavy atom. The van der Waals surface area contributed by atoms with Gasteiger partial charge in [-0.05, 0) is 110 Å². The van der Waals surface area contributed by atoms with E-state index < -0.39 is 29.7 Å². The third-order valence-electron chi connectivity index (χ3n) is 8.26. The first kappa shape index (κ1) is 34.1. The Labute approximate surface area is 265 Å². The zero-order chi connectivity index (χ0) is 32.5. The molecule has 2 amide bonds. The van der Waals surface area contributed by atoms with E-state index in [4.69, 9.17) is 4.74 Å². The van der Waals surface area contributed by atoms with Crippen molar-refractivity contribution in [3.05, 3.63) is 99.6 Å². The van der Waals surface area contributed by atoms with Gasteiger partial charge in [0.15, 0.2) is 0 Å². The van der Waals surface area contributed by atoms with E-state index in [1.165, 1.54) is 17.7 Å². The fraction of sp³-hybridized carbons (Fsp3) is 0.444. The second-order valence-electron chi connectivity index (χ2n) is 11.9. The first-order valence-electron chi connectivity index (χ1n) is 15.9. The summed E-state index contributed by atoms with van der Waals surface area (Å²) in [5.74, 6) is -1.30. The van der Waals surface area contributed by atoms with E-state index in [9.17, 15) is 23.5 Å². The number of aliphatic hydroxyl groups is 1. The molecule has 0 unspecified atom stereocenters. The Morgan fingerprint density at radius 2 is 1.69 bits per heavy atom. The highest BCUT2D eigenvalue weighted by atomic mass is 19.1. The fourth-order valence-corrected chi connectivity index (χ4v) is 6.13. The van der Waals surface area contributed by atoms with Crippen molar-refractivity contribution in [1.29, 1.82) is 0 Å². The van der Waals surface area contributed by atoms with E-state index in [-0.39, 0.29) is 30.5 Å². The van der Waals surface area contributed by atoms with Crippen molar-refractivity contribution in [3.63, 3.8) is 0 Å². The largest absolute Gasteiger partial charge is 0.497 e. The molecule has 0 radical (unpaired) electrons. The molecule has 1 aliphatic carbocycles. The van der Waals surface area contributed by atoms with Gasteiger partial charge in [0.05, 0.1) is 19.3 Å². The standard InChI is InChI=1S/C36H45F2N3O4/c1-5-12-41(13-6-2)36(44)27-15-23(3)14-26(19-27)35(43)40-33(18-24-16-28(37)21-29(38)17-24)34(42)22-39-32-9-7-8-25-20-30(45-4)10-11-31(25)32/h10-11,14-17,19-21,32-34,39,42H,5-9,12-13,18,22H2,1-4H3,(H,40,43)/t32-,33+,34+/m1/s1. The first-order valence-corrected chi connectivity index (χ1v) is 15.9. The van der Waals surface area contributed by atoms with Crippen LogP contribution in [0.2, 0.25) is 0 Å². The lowest BCUT2D eigenvalue weighted by Gasteiger charge is -2.30. The van der Waals surface area contributed by atoms with E-state index in [2.05, 4.69) is 10.6 Å². The summed E-state index contributed by atoms with van der Waals surface area (Å²) < 4.78 is 33.5. The van der Waals surface area contributed by atoms with Gasteiger partial charge in [0.2, 0.25) is 0 Å². The fourth-order valence-electron chi connectivity index (χ4n) is 6.13. The molecule has 0 fully saturated rings. The van der Waals surface area contributed by atoms with Crippen LogP contribution in [0, 0.1) is 18.6 Å². The molecule has 9 heteroatoms. The first-order chi connectivity index (χ1) is 21.6. The highest BCUT2D eigenvalue weighted by Crippen LogP contribution is 2.32. The number of nitrogens with one attached hydrogen (secondary N) is 2. The van der Waals surface area contributed by atoms with Crippen molar-refractivity contribution in [2.75, 3.05) is 26.7 Å². The van der Waals surface area contributed by atoms with Gasteiger partial charge in [-0.3, -0.25) is 9.59 Å². The molecular formula is C36H45F2N3O4. The minimum absolute atomic E-state index is 0.0000996. The minimum atomic E-state index is -1.08. The van der Waals surface area contributed by atoms with Gasteiger partial charge < -0.3 is 25.4 Å². The lowest BCUT2D eigenvalue weighted by Crippen LogP contribution is -2.49. The molecule has 1 aliphatic rings. The molecule has 3 atom stereocenters. The molecule has 4 rings (SSSR count). The third-order valence-corrected chi connectivity index (χ3v) is 8.26. The second-order valence-corrected chi connectivity index (χ2v) is 11.9. The van der Waals surface area contributed by atoms with Crippen LogP contribution in [0.15, 0.2) is 54.6 Å². The summed E-state index contributed by atoms with van der Waals surface area (Å²) in [5, 5.41) is 17.8. The summed E-state index contributed by atoms with van der Waals surface area (Å²) in [7, 11) is 1.64. The number of ether oxygens (including phenoxy) is 1. The molecule has 0 spiro atoms. The molecule has 0 saturated carbocycles. The third kappa shape index (κ3) is 9.11. The Kier molecular flexibility index (Phi) is 12.1. The molecule has 45 heavy (non-hydrogen) atoms. The number of rotatable bonds is 14. The van der Waals surface area contributed by atoms with Crippen molar-refractivity contribution in [2.45, 2.75) is 77.5 Å². The number of fused-ring (bicyclic) bond motifs is 1. The number of benzene rings is 3. The molecule has 7 nitrogen and oxygen atoms in total. The number of aliphatic hydroxyl groups excluding tert-OH is 1. The summed E-state index contributed by atoms with van der Waals surface area (Å²) in [4.78, 5) is 28.7. The Morgan fingerprint density at radius 3 is 2.36 bits per heavy atom. The van der Waals surface area contributed by atoms with E-state index in [1.54, 1.807) is 30.2 Å². The number of hydrogen-bond acceptors (Lipinski definition) is 5. The summed E-state index contributed by atoms with van der Waals surface area (Å²) in [6, 6.07) is 13.3. The number of nitrogens with zero attached hydrogens (tertiary/aromatic N) is 1. The van der Waals surface area contributed by atoms with Crippen LogP contribution in [0.5, 0.6) is 5.75 Å². The molecule has 0 bridgehead atoms. The van der Waals surface area contributed by atoms with Crippen LogP contribution in [0.4, 0.5) is 8.78 Å². The van der Waals surface area contributed by atoms with E-state index in [0.29, 0.717) is 24.2 Å². The average Bonchev–Trinajstić information content (AvgIpc) is 3.01. The lowest BCUT2D eigenvalue weighted by molar-refractivity contribution is 0.0755. The van der Waals surface area contributed by atoms with Crippen LogP contribution in [0.25, 0.3) is 0 Å². The summed E-state index contributed by atoms with van der Waals surface area (Å²) in [5.41, 5.74) is 4.07. The smallest absolute Gasteiger partial charge is 0.253 e. The number of methoxy groups -OCH3 is 1. The highest BCUT2D eigenvalue weighted by Gasteiger charge is 2.27. The zero-order valence-corrected chi connectivity index (χ0v) is 26.7. The minimum Gasteiger partial charge on any atom is -0.497 e. The van der Waals surface area contributed by atoms with Gasteiger partial charge in [-0.1, -0.05) is 19.9 Å². The Balaban J connectivity index is 1.55. The summed E-state index contributed by atoms with van der Waals surface area (Å²) >= 11 is 0. The number of amides is 2. The van der Waals surface area contributed by atoms with Crippen LogP contribution in [-0.2, 0) is 12.8 Å². The van der Waals surface area contributed by atoms with Gasteiger partial charge in [-0.2, -0.15) is 0 Å². The molecule has 0 heterocycles. The van der Waals surface area contributed by atoms with Gasteiger partial charge in [-0.15, -0.1) is 0 Å². The van der Waals surface area contributed by atoms with Crippen molar-refractivity contribution in [3.8, 4) is 5.75 Å². The molecule has 0 saturated heterocycles. The van der Waals surface area contributed by atoms with E-state index >= 15 is 0 Å². The molecular weight excluding hydrogens is 576 g/mol. The number of halogens is 2. The van der Waals surface area contributed by atoms with E-state index in [0.717, 1.165) is 55.0 Å². The monoisotopic (exact) mass is 621 g/mol. The quantitative estimate of drug-likeness (QED) is 0.208. The van der Waals surface area contributed by atoms with Crippen molar-refractivity contribution in [1.82, 2.24) is 15.5 Å². The SMILES string of the molecule is CCCN(CCC)C(=O)c1cc(C)cc(C(=O)N[C@@H](Cc2cc(F)cc(F)c2)[C@@H](O)CN[C@@H]2CCCc3cc(OC)ccc32)c1. The van der Waals surface area contributed by atoms with Gasteiger partial charge in [0.25, 0.3) is 11.8 Å². The maximum atomic E-state index is 14.1. The van der Waals surface area contributed by atoms with Crippen LogP contribution in [0.3, 0.4) is 0 Å². The van der Waals surface area contributed by atoms with Gasteiger partial charge >= 0.3 is 0 Å². The van der Waals surface area contributed by atoms with Crippen LogP contribution < -0.4 is 15.4 Å². The average molecular weight is 622 g/mol. The molecule has 242 valence electrons. The normalized spacial score (nSPS) is 15.6. The molecule has 0 aromatic heterocycles. The predicted octanol–water partition coefficient (Wildman–Crippen LogP) is 5.91. The maximum Gasteiger partial charge on any atom is 0.253 e.